The summed E-state index contributed by atoms with van der Waals surface area (Å²) in [6, 6.07) is 11.3. The van der Waals surface area contributed by atoms with Crippen molar-refractivity contribution in [3.63, 3.8) is 0 Å². The van der Waals surface area contributed by atoms with Crippen molar-refractivity contribution in [2.75, 3.05) is 13.7 Å². The maximum Gasteiger partial charge on any atom is 0.387 e. The van der Waals surface area contributed by atoms with E-state index in [1.807, 2.05) is 0 Å². The molecule has 26 heavy (non-hydrogen) atoms. The van der Waals surface area contributed by atoms with Crippen molar-refractivity contribution >= 4 is 5.97 Å². The fraction of sp³-hybridized carbons (Fsp3) is 0.278. The molecule has 0 N–H and O–H groups in total. The minimum Gasteiger partial charge on any atom is -0.493 e. The predicted molar refractivity (Wildman–Crippen MR) is 85.8 cm³/mol. The highest BCUT2D eigenvalue weighted by molar-refractivity contribution is 5.76. The number of ether oxygens (including phenoxy) is 5. The lowest BCUT2D eigenvalue weighted by molar-refractivity contribution is -0.155. The molecule has 0 saturated carbocycles. The Hall–Kier alpha value is -3.03. The van der Waals surface area contributed by atoms with Crippen LogP contribution in [0.4, 0.5) is 8.78 Å². The minimum absolute atomic E-state index is 0.0420. The second kappa shape index (κ2) is 7.90. The Morgan fingerprint density at radius 1 is 1.19 bits per heavy atom. The van der Waals surface area contributed by atoms with Crippen LogP contribution in [0.2, 0.25) is 0 Å². The van der Waals surface area contributed by atoms with Gasteiger partial charge in [-0.1, -0.05) is 18.2 Å². The summed E-state index contributed by atoms with van der Waals surface area (Å²) in [4.78, 5) is 12.2. The van der Waals surface area contributed by atoms with Gasteiger partial charge >= 0.3 is 12.6 Å². The van der Waals surface area contributed by atoms with Gasteiger partial charge in [0.2, 0.25) is 6.10 Å². The fourth-order valence-electron chi connectivity index (χ4n) is 2.38. The molecule has 8 heteroatoms. The summed E-state index contributed by atoms with van der Waals surface area (Å²) < 4.78 is 50.2. The van der Waals surface area contributed by atoms with Crippen LogP contribution in [0.1, 0.15) is 5.56 Å². The summed E-state index contributed by atoms with van der Waals surface area (Å²) in [5, 5.41) is 0. The number of carbonyl (C=O) groups excluding carboxylic acids is 1. The molecule has 138 valence electrons. The van der Waals surface area contributed by atoms with Gasteiger partial charge in [0, 0.05) is 0 Å². The lowest BCUT2D eigenvalue weighted by atomic mass is 10.2. The SMILES string of the molecule is COc1cc(COC(=O)[C@H]2COc3ccccc3O2)ccc1OC(F)F. The molecule has 0 spiro atoms. The van der Waals surface area contributed by atoms with E-state index in [0.717, 1.165) is 0 Å². The quantitative estimate of drug-likeness (QED) is 0.732. The van der Waals surface area contributed by atoms with E-state index in [1.165, 1.54) is 25.3 Å². The van der Waals surface area contributed by atoms with Crippen LogP contribution in [0.5, 0.6) is 23.0 Å². The van der Waals surface area contributed by atoms with Crippen LogP contribution >= 0.6 is 0 Å². The highest BCUT2D eigenvalue weighted by Gasteiger charge is 2.28. The first-order valence-corrected chi connectivity index (χ1v) is 7.73. The van der Waals surface area contributed by atoms with Crippen molar-refractivity contribution in [2.45, 2.75) is 19.3 Å². The number of alkyl halides is 2. The Bertz CT molecular complexity index is 780. The molecule has 6 nitrogen and oxygen atoms in total. The first kappa shape index (κ1) is 17.8. The molecule has 0 fully saturated rings. The zero-order valence-electron chi connectivity index (χ0n) is 13.8. The average molecular weight is 366 g/mol. The fourth-order valence-corrected chi connectivity index (χ4v) is 2.38. The van der Waals surface area contributed by atoms with Crippen LogP contribution in [0.3, 0.4) is 0 Å². The Kier molecular flexibility index (Phi) is 5.40. The first-order chi connectivity index (χ1) is 12.6. The van der Waals surface area contributed by atoms with Crippen LogP contribution in [-0.4, -0.2) is 32.4 Å². The molecule has 0 unspecified atom stereocenters. The van der Waals surface area contributed by atoms with Crippen molar-refractivity contribution in [2.24, 2.45) is 0 Å². The normalized spacial score (nSPS) is 15.5. The summed E-state index contributed by atoms with van der Waals surface area (Å²) in [5.41, 5.74) is 0.550. The van der Waals surface area contributed by atoms with Crippen LogP contribution in [-0.2, 0) is 16.1 Å². The zero-order valence-corrected chi connectivity index (χ0v) is 13.8. The number of fused-ring (bicyclic) bond motifs is 1. The lowest BCUT2D eigenvalue weighted by Crippen LogP contribution is -2.37. The molecular weight excluding hydrogens is 350 g/mol. The van der Waals surface area contributed by atoms with E-state index in [-0.39, 0.29) is 24.7 Å². The zero-order chi connectivity index (χ0) is 18.5. The first-order valence-electron chi connectivity index (χ1n) is 7.73. The molecule has 0 aromatic heterocycles. The van der Waals surface area contributed by atoms with Crippen molar-refractivity contribution in [3.8, 4) is 23.0 Å². The number of carbonyl (C=O) groups is 1. The third-order valence-electron chi connectivity index (χ3n) is 3.60. The molecule has 0 amide bonds. The van der Waals surface area contributed by atoms with E-state index in [4.69, 9.17) is 18.9 Å². The van der Waals surface area contributed by atoms with E-state index in [1.54, 1.807) is 24.3 Å². The molecule has 1 heterocycles. The van der Waals surface area contributed by atoms with Crippen LogP contribution in [0.25, 0.3) is 0 Å². The lowest BCUT2D eigenvalue weighted by Gasteiger charge is -2.25. The number of hydrogen-bond donors (Lipinski definition) is 0. The number of halogens is 2. The van der Waals surface area contributed by atoms with Gasteiger partial charge in [-0.15, -0.1) is 0 Å². The van der Waals surface area contributed by atoms with Gasteiger partial charge in [0.15, 0.2) is 23.0 Å². The third-order valence-corrected chi connectivity index (χ3v) is 3.60. The molecule has 0 radical (unpaired) electrons. The smallest absolute Gasteiger partial charge is 0.387 e. The van der Waals surface area contributed by atoms with Crippen molar-refractivity contribution in [3.05, 3.63) is 48.0 Å². The van der Waals surface area contributed by atoms with Gasteiger partial charge in [-0.2, -0.15) is 8.78 Å². The molecular formula is C18H16F2O6. The van der Waals surface area contributed by atoms with E-state index < -0.39 is 18.7 Å². The molecule has 0 bridgehead atoms. The van der Waals surface area contributed by atoms with E-state index >= 15 is 0 Å². The average Bonchev–Trinajstić information content (AvgIpc) is 2.66. The Balaban J connectivity index is 1.59. The van der Waals surface area contributed by atoms with Gasteiger partial charge in [0.1, 0.15) is 13.2 Å². The van der Waals surface area contributed by atoms with Gasteiger partial charge in [-0.05, 0) is 29.8 Å². The van der Waals surface area contributed by atoms with E-state index in [9.17, 15) is 13.6 Å². The summed E-state index contributed by atoms with van der Waals surface area (Å²) >= 11 is 0. The number of benzene rings is 2. The number of hydrogen-bond acceptors (Lipinski definition) is 6. The molecule has 3 rings (SSSR count). The Labute approximate surface area is 148 Å². The highest BCUT2D eigenvalue weighted by atomic mass is 19.3. The summed E-state index contributed by atoms with van der Waals surface area (Å²) in [5.74, 6) is 0.460. The molecule has 0 saturated heterocycles. The molecule has 2 aromatic carbocycles. The van der Waals surface area contributed by atoms with E-state index in [2.05, 4.69) is 4.74 Å². The number of rotatable bonds is 6. The molecule has 1 aliphatic heterocycles. The number of methoxy groups -OCH3 is 1. The topological polar surface area (TPSA) is 63.2 Å². The van der Waals surface area contributed by atoms with Gasteiger partial charge in [-0.3, -0.25) is 0 Å². The van der Waals surface area contributed by atoms with Gasteiger partial charge in [-0.25, -0.2) is 4.79 Å². The van der Waals surface area contributed by atoms with Crippen LogP contribution in [0, 0.1) is 0 Å². The summed E-state index contributed by atoms with van der Waals surface area (Å²) in [7, 11) is 1.33. The summed E-state index contributed by atoms with van der Waals surface area (Å²) in [6.07, 6.45) is -0.881. The maximum absolute atomic E-state index is 12.3. The molecule has 1 atom stereocenters. The largest absolute Gasteiger partial charge is 0.493 e. The molecule has 1 aliphatic rings. The number of para-hydroxylation sites is 2. The van der Waals surface area contributed by atoms with Crippen LogP contribution in [0.15, 0.2) is 42.5 Å². The second-order valence-corrected chi connectivity index (χ2v) is 5.34. The molecule has 2 aromatic rings. The van der Waals surface area contributed by atoms with Gasteiger partial charge in [0.05, 0.1) is 7.11 Å². The molecule has 0 aliphatic carbocycles. The van der Waals surface area contributed by atoms with Crippen molar-refractivity contribution < 1.29 is 37.3 Å². The van der Waals surface area contributed by atoms with Crippen LogP contribution < -0.4 is 18.9 Å². The number of esters is 1. The highest BCUT2D eigenvalue weighted by Crippen LogP contribution is 2.32. The summed E-state index contributed by atoms with van der Waals surface area (Å²) in [6.45, 7) is -3.00. The minimum atomic E-state index is -2.96. The van der Waals surface area contributed by atoms with Crippen molar-refractivity contribution in [1.82, 2.24) is 0 Å². The van der Waals surface area contributed by atoms with Crippen molar-refractivity contribution in [1.29, 1.82) is 0 Å². The van der Waals surface area contributed by atoms with Gasteiger partial charge < -0.3 is 23.7 Å². The predicted octanol–water partition coefficient (Wildman–Crippen LogP) is 3.18. The second-order valence-electron chi connectivity index (χ2n) is 5.34. The maximum atomic E-state index is 12.3. The monoisotopic (exact) mass is 366 g/mol. The standard InChI is InChI=1S/C18H16F2O6/c1-22-15-8-11(6-7-14(15)26-18(19)20)9-24-17(21)16-10-23-12-4-2-3-5-13(12)25-16/h2-8,16,18H,9-10H2,1H3/t16-/m1/s1. The van der Waals surface area contributed by atoms with Gasteiger partial charge in [0.25, 0.3) is 0 Å². The van der Waals surface area contributed by atoms with E-state index in [0.29, 0.717) is 17.1 Å². The Morgan fingerprint density at radius 2 is 1.96 bits per heavy atom. The Morgan fingerprint density at radius 3 is 2.69 bits per heavy atom. The third kappa shape index (κ3) is 4.14.